The molecule has 0 atom stereocenters. The summed E-state index contributed by atoms with van der Waals surface area (Å²) in [6, 6.07) is 11.9. The number of H-pyrrole nitrogens is 1. The van der Waals surface area contributed by atoms with Gasteiger partial charge in [-0.2, -0.15) is 0 Å². The SMILES string of the molecule is COc1ccc(-c2c[nH]c3cccnc23)cc1. The van der Waals surface area contributed by atoms with Crippen molar-refractivity contribution in [2.45, 2.75) is 0 Å². The number of hydrogen-bond acceptors (Lipinski definition) is 2. The average molecular weight is 224 g/mol. The van der Waals surface area contributed by atoms with Crippen molar-refractivity contribution in [3.63, 3.8) is 0 Å². The van der Waals surface area contributed by atoms with E-state index in [0.717, 1.165) is 27.9 Å². The number of fused-ring (bicyclic) bond motifs is 1. The lowest BCUT2D eigenvalue weighted by Crippen LogP contribution is -1.82. The molecule has 0 bridgehead atoms. The molecule has 3 aromatic rings. The van der Waals surface area contributed by atoms with Crippen LogP contribution in [0, 0.1) is 0 Å². The number of ether oxygens (including phenoxy) is 1. The van der Waals surface area contributed by atoms with Crippen LogP contribution in [0.25, 0.3) is 22.2 Å². The molecule has 3 heteroatoms. The van der Waals surface area contributed by atoms with E-state index in [9.17, 15) is 0 Å². The highest BCUT2D eigenvalue weighted by molar-refractivity contribution is 5.92. The summed E-state index contributed by atoms with van der Waals surface area (Å²) in [5.41, 5.74) is 4.30. The van der Waals surface area contributed by atoms with Crippen molar-refractivity contribution in [1.82, 2.24) is 9.97 Å². The molecule has 3 rings (SSSR count). The van der Waals surface area contributed by atoms with Gasteiger partial charge in [-0.05, 0) is 29.8 Å². The average Bonchev–Trinajstić information content (AvgIpc) is 2.83. The Bertz CT molecular complexity index is 641. The summed E-state index contributed by atoms with van der Waals surface area (Å²) in [6.07, 6.45) is 3.79. The molecule has 0 aliphatic heterocycles. The maximum absolute atomic E-state index is 5.15. The highest BCUT2D eigenvalue weighted by atomic mass is 16.5. The van der Waals surface area contributed by atoms with Gasteiger partial charge in [0.15, 0.2) is 0 Å². The standard InChI is InChI=1S/C14H12N2O/c1-17-11-6-4-10(5-7-11)12-9-16-13-3-2-8-15-14(12)13/h2-9,16H,1H3. The van der Waals surface area contributed by atoms with Crippen molar-refractivity contribution < 1.29 is 4.74 Å². The number of methoxy groups -OCH3 is 1. The molecule has 2 heterocycles. The number of aromatic amines is 1. The second-order valence-electron chi connectivity index (χ2n) is 3.83. The number of nitrogens with zero attached hydrogens (tertiary/aromatic N) is 1. The Labute approximate surface area is 99.1 Å². The summed E-state index contributed by atoms with van der Waals surface area (Å²) in [5, 5.41) is 0. The van der Waals surface area contributed by atoms with Crippen LogP contribution in [-0.2, 0) is 0 Å². The summed E-state index contributed by atoms with van der Waals surface area (Å²) in [6.45, 7) is 0. The summed E-state index contributed by atoms with van der Waals surface area (Å²) >= 11 is 0. The molecule has 0 spiro atoms. The number of aromatic nitrogens is 2. The topological polar surface area (TPSA) is 37.9 Å². The molecule has 17 heavy (non-hydrogen) atoms. The van der Waals surface area contributed by atoms with Gasteiger partial charge in [0.05, 0.1) is 18.1 Å². The first-order valence-corrected chi connectivity index (χ1v) is 5.45. The van der Waals surface area contributed by atoms with Gasteiger partial charge in [0, 0.05) is 18.0 Å². The molecular formula is C14H12N2O. The third kappa shape index (κ3) is 1.65. The van der Waals surface area contributed by atoms with Gasteiger partial charge in [0.25, 0.3) is 0 Å². The van der Waals surface area contributed by atoms with Gasteiger partial charge in [-0.1, -0.05) is 12.1 Å². The van der Waals surface area contributed by atoms with Crippen LogP contribution in [0.3, 0.4) is 0 Å². The fourth-order valence-electron chi connectivity index (χ4n) is 1.95. The van der Waals surface area contributed by atoms with Crippen molar-refractivity contribution in [3.05, 3.63) is 48.8 Å². The molecule has 84 valence electrons. The lowest BCUT2D eigenvalue weighted by atomic mass is 10.1. The van der Waals surface area contributed by atoms with Crippen LogP contribution in [0.5, 0.6) is 5.75 Å². The molecule has 0 saturated carbocycles. The Balaban J connectivity index is 2.13. The first kappa shape index (κ1) is 9.90. The van der Waals surface area contributed by atoms with E-state index in [1.807, 2.05) is 48.8 Å². The predicted octanol–water partition coefficient (Wildman–Crippen LogP) is 3.24. The van der Waals surface area contributed by atoms with Crippen LogP contribution < -0.4 is 4.74 Å². The molecule has 0 unspecified atom stereocenters. The molecule has 0 aliphatic carbocycles. The Hall–Kier alpha value is -2.29. The highest BCUT2D eigenvalue weighted by Crippen LogP contribution is 2.27. The third-order valence-corrected chi connectivity index (χ3v) is 2.84. The van der Waals surface area contributed by atoms with Gasteiger partial charge >= 0.3 is 0 Å². The fourth-order valence-corrected chi connectivity index (χ4v) is 1.95. The van der Waals surface area contributed by atoms with Crippen molar-refractivity contribution >= 4 is 11.0 Å². The fraction of sp³-hybridized carbons (Fsp3) is 0.0714. The van der Waals surface area contributed by atoms with E-state index in [4.69, 9.17) is 4.74 Å². The van der Waals surface area contributed by atoms with Crippen molar-refractivity contribution in [2.24, 2.45) is 0 Å². The van der Waals surface area contributed by atoms with E-state index < -0.39 is 0 Å². The molecule has 0 amide bonds. The smallest absolute Gasteiger partial charge is 0.118 e. The molecule has 3 nitrogen and oxygen atoms in total. The van der Waals surface area contributed by atoms with Gasteiger partial charge < -0.3 is 9.72 Å². The minimum atomic E-state index is 0.863. The zero-order valence-corrected chi connectivity index (χ0v) is 9.47. The molecule has 1 N–H and O–H groups in total. The van der Waals surface area contributed by atoms with Crippen molar-refractivity contribution in [3.8, 4) is 16.9 Å². The Morgan fingerprint density at radius 3 is 2.71 bits per heavy atom. The second-order valence-corrected chi connectivity index (χ2v) is 3.83. The van der Waals surface area contributed by atoms with E-state index in [1.165, 1.54) is 0 Å². The molecule has 1 aromatic carbocycles. The van der Waals surface area contributed by atoms with Crippen LogP contribution in [0.1, 0.15) is 0 Å². The molecule has 0 aliphatic rings. The monoisotopic (exact) mass is 224 g/mol. The molecule has 2 aromatic heterocycles. The van der Waals surface area contributed by atoms with Gasteiger partial charge in [-0.3, -0.25) is 4.98 Å². The van der Waals surface area contributed by atoms with E-state index in [-0.39, 0.29) is 0 Å². The zero-order valence-electron chi connectivity index (χ0n) is 9.47. The molecule has 0 radical (unpaired) electrons. The summed E-state index contributed by atoms with van der Waals surface area (Å²) in [4.78, 5) is 7.62. The number of hydrogen-bond donors (Lipinski definition) is 1. The maximum Gasteiger partial charge on any atom is 0.118 e. The van der Waals surface area contributed by atoms with E-state index >= 15 is 0 Å². The largest absolute Gasteiger partial charge is 0.497 e. The number of rotatable bonds is 2. The second kappa shape index (κ2) is 3.94. The Morgan fingerprint density at radius 1 is 1.12 bits per heavy atom. The molecule has 0 saturated heterocycles. The third-order valence-electron chi connectivity index (χ3n) is 2.84. The maximum atomic E-state index is 5.15. The molecule has 0 fully saturated rings. The quantitative estimate of drug-likeness (QED) is 0.725. The Kier molecular flexibility index (Phi) is 2.29. The minimum absolute atomic E-state index is 0.863. The van der Waals surface area contributed by atoms with Crippen LogP contribution in [0.4, 0.5) is 0 Å². The number of pyridine rings is 1. The van der Waals surface area contributed by atoms with Gasteiger partial charge in [0.2, 0.25) is 0 Å². The summed E-state index contributed by atoms with van der Waals surface area (Å²) < 4.78 is 5.15. The van der Waals surface area contributed by atoms with Crippen molar-refractivity contribution in [1.29, 1.82) is 0 Å². The highest BCUT2D eigenvalue weighted by Gasteiger charge is 2.06. The summed E-state index contributed by atoms with van der Waals surface area (Å²) in [7, 11) is 1.67. The lowest BCUT2D eigenvalue weighted by molar-refractivity contribution is 0.415. The first-order valence-electron chi connectivity index (χ1n) is 5.45. The van der Waals surface area contributed by atoms with Crippen LogP contribution in [0.15, 0.2) is 48.8 Å². The van der Waals surface area contributed by atoms with E-state index in [0.29, 0.717) is 0 Å². The first-order chi connectivity index (χ1) is 8.38. The lowest BCUT2D eigenvalue weighted by Gasteiger charge is -2.01. The summed E-state index contributed by atoms with van der Waals surface area (Å²) in [5.74, 6) is 0.863. The van der Waals surface area contributed by atoms with Crippen molar-refractivity contribution in [2.75, 3.05) is 7.11 Å². The van der Waals surface area contributed by atoms with Gasteiger partial charge in [-0.25, -0.2) is 0 Å². The van der Waals surface area contributed by atoms with Crippen LogP contribution >= 0.6 is 0 Å². The van der Waals surface area contributed by atoms with Gasteiger partial charge in [0.1, 0.15) is 5.75 Å². The predicted molar refractivity (Wildman–Crippen MR) is 68.1 cm³/mol. The zero-order chi connectivity index (χ0) is 11.7. The number of nitrogens with one attached hydrogen (secondary N) is 1. The molecular weight excluding hydrogens is 212 g/mol. The van der Waals surface area contributed by atoms with Crippen LogP contribution in [0.2, 0.25) is 0 Å². The van der Waals surface area contributed by atoms with Crippen LogP contribution in [-0.4, -0.2) is 17.1 Å². The normalized spacial score (nSPS) is 10.6. The minimum Gasteiger partial charge on any atom is -0.497 e. The van der Waals surface area contributed by atoms with E-state index in [1.54, 1.807) is 7.11 Å². The number of benzene rings is 1. The van der Waals surface area contributed by atoms with E-state index in [2.05, 4.69) is 9.97 Å². The van der Waals surface area contributed by atoms with Gasteiger partial charge in [-0.15, -0.1) is 0 Å². The Morgan fingerprint density at radius 2 is 1.94 bits per heavy atom.